The smallest absolute Gasteiger partial charge is 0.331 e. The van der Waals surface area contributed by atoms with Crippen molar-refractivity contribution in [2.45, 2.75) is 38.1 Å². The molecule has 1 amide bonds. The summed E-state index contributed by atoms with van der Waals surface area (Å²) in [4.78, 5) is 24.1. The largest absolute Gasteiger partial charge is 0.467 e. The second-order valence-electron chi connectivity index (χ2n) is 5.48. The topological polar surface area (TPSA) is 67.4 Å². The van der Waals surface area contributed by atoms with Crippen molar-refractivity contribution in [3.05, 3.63) is 0 Å². The zero-order chi connectivity index (χ0) is 13.2. The van der Waals surface area contributed by atoms with Gasteiger partial charge in [0.05, 0.1) is 7.11 Å². The molecule has 2 aliphatic rings. The van der Waals surface area contributed by atoms with E-state index in [-0.39, 0.29) is 17.8 Å². The Bertz CT molecular complexity index is 333. The number of carbonyl (C=O) groups is 2. The van der Waals surface area contributed by atoms with Gasteiger partial charge in [0.2, 0.25) is 5.91 Å². The highest BCUT2D eigenvalue weighted by atomic mass is 16.5. The molecule has 1 atom stereocenters. The van der Waals surface area contributed by atoms with Crippen LogP contribution in [0.25, 0.3) is 0 Å². The number of amides is 1. The average molecular weight is 254 g/mol. The molecule has 0 aromatic heterocycles. The number of carbonyl (C=O) groups excluding carboxylic acids is 2. The molecular weight excluding hydrogens is 232 g/mol. The van der Waals surface area contributed by atoms with Crippen LogP contribution in [0, 0.1) is 11.8 Å². The van der Waals surface area contributed by atoms with E-state index in [2.05, 4.69) is 10.6 Å². The molecule has 102 valence electrons. The van der Waals surface area contributed by atoms with Crippen LogP contribution >= 0.6 is 0 Å². The van der Waals surface area contributed by atoms with E-state index in [0.29, 0.717) is 18.8 Å². The van der Waals surface area contributed by atoms with Gasteiger partial charge in [-0.3, -0.25) is 4.79 Å². The second-order valence-corrected chi connectivity index (χ2v) is 5.48. The first-order chi connectivity index (χ1) is 8.59. The van der Waals surface area contributed by atoms with Crippen LogP contribution in [0.1, 0.15) is 32.6 Å². The Morgan fingerprint density at radius 1 is 1.33 bits per heavy atom. The predicted octanol–water partition coefficient (Wildman–Crippen LogP) is 0.444. The molecular formula is C13H22N2O3. The number of nitrogens with one attached hydrogen (secondary N) is 2. The molecule has 0 aromatic carbocycles. The van der Waals surface area contributed by atoms with E-state index >= 15 is 0 Å². The SMILES string of the molecule is COC(=O)C1(NC(=O)C(C)C2CNC2)CCCC1. The van der Waals surface area contributed by atoms with Gasteiger partial charge in [0.15, 0.2) is 0 Å². The highest BCUT2D eigenvalue weighted by Gasteiger charge is 2.44. The maximum atomic E-state index is 12.2. The first-order valence-electron chi connectivity index (χ1n) is 6.70. The lowest BCUT2D eigenvalue weighted by Gasteiger charge is -2.34. The third-order valence-electron chi connectivity index (χ3n) is 4.33. The number of methoxy groups -OCH3 is 1. The van der Waals surface area contributed by atoms with E-state index in [9.17, 15) is 9.59 Å². The number of esters is 1. The fourth-order valence-corrected chi connectivity index (χ4v) is 2.78. The molecule has 0 aromatic rings. The van der Waals surface area contributed by atoms with Crippen LogP contribution in [-0.2, 0) is 14.3 Å². The maximum absolute atomic E-state index is 12.2. The van der Waals surface area contributed by atoms with Crippen molar-refractivity contribution in [2.24, 2.45) is 11.8 Å². The number of ether oxygens (including phenoxy) is 1. The Kier molecular flexibility index (Phi) is 3.90. The van der Waals surface area contributed by atoms with Gasteiger partial charge in [-0.2, -0.15) is 0 Å². The van der Waals surface area contributed by atoms with Crippen molar-refractivity contribution in [2.75, 3.05) is 20.2 Å². The van der Waals surface area contributed by atoms with Gasteiger partial charge in [-0.15, -0.1) is 0 Å². The van der Waals surface area contributed by atoms with E-state index in [1.807, 2.05) is 6.92 Å². The third kappa shape index (κ3) is 2.36. The highest BCUT2D eigenvalue weighted by molar-refractivity contribution is 5.89. The molecule has 1 aliphatic heterocycles. The van der Waals surface area contributed by atoms with E-state index in [1.54, 1.807) is 0 Å². The zero-order valence-corrected chi connectivity index (χ0v) is 11.1. The number of hydrogen-bond acceptors (Lipinski definition) is 4. The van der Waals surface area contributed by atoms with Gasteiger partial charge in [-0.05, 0) is 31.8 Å². The summed E-state index contributed by atoms with van der Waals surface area (Å²) in [5.74, 6) is 0.0237. The van der Waals surface area contributed by atoms with E-state index in [0.717, 1.165) is 25.9 Å². The van der Waals surface area contributed by atoms with Gasteiger partial charge in [0.25, 0.3) is 0 Å². The van der Waals surface area contributed by atoms with Crippen LogP contribution in [0.5, 0.6) is 0 Å². The minimum atomic E-state index is -0.767. The van der Waals surface area contributed by atoms with Crippen LogP contribution in [-0.4, -0.2) is 37.6 Å². The van der Waals surface area contributed by atoms with Crippen molar-refractivity contribution in [3.8, 4) is 0 Å². The predicted molar refractivity (Wildman–Crippen MR) is 66.9 cm³/mol. The summed E-state index contributed by atoms with van der Waals surface area (Å²) >= 11 is 0. The number of rotatable bonds is 4. The molecule has 1 aliphatic carbocycles. The summed E-state index contributed by atoms with van der Waals surface area (Å²) in [6.07, 6.45) is 3.32. The lowest BCUT2D eigenvalue weighted by atomic mass is 9.87. The second kappa shape index (κ2) is 5.26. The lowest BCUT2D eigenvalue weighted by molar-refractivity contribution is -0.151. The summed E-state index contributed by atoms with van der Waals surface area (Å²) in [7, 11) is 1.38. The van der Waals surface area contributed by atoms with Crippen molar-refractivity contribution < 1.29 is 14.3 Å². The van der Waals surface area contributed by atoms with Gasteiger partial charge >= 0.3 is 5.97 Å². The molecule has 18 heavy (non-hydrogen) atoms. The Morgan fingerprint density at radius 3 is 2.39 bits per heavy atom. The Balaban J connectivity index is 2.00. The lowest BCUT2D eigenvalue weighted by Crippen LogP contribution is -2.57. The minimum Gasteiger partial charge on any atom is -0.467 e. The zero-order valence-electron chi connectivity index (χ0n) is 11.1. The van der Waals surface area contributed by atoms with Gasteiger partial charge < -0.3 is 15.4 Å². The third-order valence-corrected chi connectivity index (χ3v) is 4.33. The standard InChI is InChI=1S/C13H22N2O3/c1-9(10-7-14-8-10)11(16)15-13(12(17)18-2)5-3-4-6-13/h9-10,14H,3-8H2,1-2H3,(H,15,16). The molecule has 1 heterocycles. The first kappa shape index (κ1) is 13.3. The van der Waals surface area contributed by atoms with Crippen molar-refractivity contribution in [3.63, 3.8) is 0 Å². The molecule has 1 unspecified atom stereocenters. The van der Waals surface area contributed by atoms with E-state index < -0.39 is 5.54 Å². The van der Waals surface area contributed by atoms with Crippen LogP contribution < -0.4 is 10.6 Å². The minimum absolute atomic E-state index is 0.0196. The highest BCUT2D eigenvalue weighted by Crippen LogP contribution is 2.31. The van der Waals surface area contributed by atoms with Crippen molar-refractivity contribution in [1.82, 2.24) is 10.6 Å². The molecule has 1 saturated carbocycles. The van der Waals surface area contributed by atoms with Crippen LogP contribution in [0.3, 0.4) is 0 Å². The van der Waals surface area contributed by atoms with Crippen molar-refractivity contribution in [1.29, 1.82) is 0 Å². The molecule has 2 fully saturated rings. The Morgan fingerprint density at radius 2 is 1.94 bits per heavy atom. The van der Waals surface area contributed by atoms with Crippen LogP contribution in [0.15, 0.2) is 0 Å². The Hall–Kier alpha value is -1.10. The number of hydrogen-bond donors (Lipinski definition) is 2. The molecule has 0 spiro atoms. The van der Waals surface area contributed by atoms with Gasteiger partial charge in [0, 0.05) is 5.92 Å². The summed E-state index contributed by atoms with van der Waals surface area (Å²) in [6, 6.07) is 0. The average Bonchev–Trinajstić information content (AvgIpc) is 2.75. The Labute approximate surface area is 108 Å². The van der Waals surface area contributed by atoms with Gasteiger partial charge in [0.1, 0.15) is 5.54 Å². The van der Waals surface area contributed by atoms with E-state index in [1.165, 1.54) is 7.11 Å². The van der Waals surface area contributed by atoms with Gasteiger partial charge in [-0.1, -0.05) is 19.8 Å². The maximum Gasteiger partial charge on any atom is 0.331 e. The normalized spacial score (nSPS) is 24.1. The molecule has 2 N–H and O–H groups in total. The molecule has 0 radical (unpaired) electrons. The fraction of sp³-hybridized carbons (Fsp3) is 0.846. The van der Waals surface area contributed by atoms with E-state index in [4.69, 9.17) is 4.74 Å². The molecule has 5 nitrogen and oxygen atoms in total. The van der Waals surface area contributed by atoms with Crippen LogP contribution in [0.2, 0.25) is 0 Å². The van der Waals surface area contributed by atoms with Crippen molar-refractivity contribution >= 4 is 11.9 Å². The molecule has 2 rings (SSSR count). The monoisotopic (exact) mass is 254 g/mol. The van der Waals surface area contributed by atoms with Gasteiger partial charge in [-0.25, -0.2) is 4.79 Å². The fourth-order valence-electron chi connectivity index (χ4n) is 2.78. The molecule has 0 bridgehead atoms. The summed E-state index contributed by atoms with van der Waals surface area (Å²) < 4.78 is 4.85. The quantitative estimate of drug-likeness (QED) is 0.715. The molecule has 5 heteroatoms. The first-order valence-corrected chi connectivity index (χ1v) is 6.70. The summed E-state index contributed by atoms with van der Waals surface area (Å²) in [5.41, 5.74) is -0.767. The van der Waals surface area contributed by atoms with Crippen LogP contribution in [0.4, 0.5) is 0 Å². The molecule has 1 saturated heterocycles. The summed E-state index contributed by atoms with van der Waals surface area (Å²) in [6.45, 7) is 3.71. The summed E-state index contributed by atoms with van der Waals surface area (Å²) in [5, 5.41) is 6.11.